The molecule has 0 aliphatic carbocycles. The van der Waals surface area contributed by atoms with Gasteiger partial charge in [-0.1, -0.05) is 50.7 Å². The van der Waals surface area contributed by atoms with E-state index < -0.39 is 5.97 Å². The fourth-order valence-corrected chi connectivity index (χ4v) is 2.48. The Morgan fingerprint density at radius 1 is 0.920 bits per heavy atom. The van der Waals surface area contributed by atoms with Crippen molar-refractivity contribution in [2.24, 2.45) is 0 Å². The second-order valence-corrected chi connectivity index (χ2v) is 6.15. The van der Waals surface area contributed by atoms with Crippen LogP contribution in [0.15, 0.2) is 30.3 Å². The highest BCUT2D eigenvalue weighted by molar-refractivity contribution is 5.91. The summed E-state index contributed by atoms with van der Waals surface area (Å²) in [5.74, 6) is -1.14. The Morgan fingerprint density at radius 2 is 1.48 bits per heavy atom. The number of carbonyl (C=O) groups excluding carboxylic acids is 1. The highest BCUT2D eigenvalue weighted by atomic mass is 19.1. The van der Waals surface area contributed by atoms with Crippen LogP contribution in [0, 0.1) is 5.82 Å². The fourth-order valence-electron chi connectivity index (χ4n) is 2.48. The van der Waals surface area contributed by atoms with Crippen molar-refractivity contribution in [3.05, 3.63) is 41.7 Å². The van der Waals surface area contributed by atoms with Gasteiger partial charge >= 0.3 is 5.97 Å². The van der Waals surface area contributed by atoms with Gasteiger partial charge in [0.2, 0.25) is 5.91 Å². The van der Waals surface area contributed by atoms with Crippen molar-refractivity contribution >= 4 is 18.0 Å². The van der Waals surface area contributed by atoms with E-state index in [4.69, 9.17) is 5.11 Å². The summed E-state index contributed by atoms with van der Waals surface area (Å²) in [4.78, 5) is 22.0. The average molecular weight is 349 g/mol. The molecule has 138 valence electrons. The molecule has 0 aromatic heterocycles. The summed E-state index contributed by atoms with van der Waals surface area (Å²) in [5.41, 5.74) is 0.792. The van der Waals surface area contributed by atoms with Crippen molar-refractivity contribution in [3.8, 4) is 0 Å². The number of carboxylic acid groups (broad SMARTS) is 1. The molecule has 0 spiro atoms. The number of unbranched alkanes of at least 4 members (excludes halogenated alkanes) is 7. The lowest BCUT2D eigenvalue weighted by atomic mass is 10.1. The van der Waals surface area contributed by atoms with Gasteiger partial charge < -0.3 is 10.4 Å². The molecular formula is C20H28FNO3. The highest BCUT2D eigenvalue weighted by Crippen LogP contribution is 2.09. The Balaban J connectivity index is 1.94. The summed E-state index contributed by atoms with van der Waals surface area (Å²) in [5, 5.41) is 11.4. The normalized spacial score (nSPS) is 10.9. The predicted molar refractivity (Wildman–Crippen MR) is 97.6 cm³/mol. The van der Waals surface area contributed by atoms with Crippen LogP contribution in [0.2, 0.25) is 0 Å². The summed E-state index contributed by atoms with van der Waals surface area (Å²) in [6.45, 7) is 0.658. The van der Waals surface area contributed by atoms with E-state index in [2.05, 4.69) is 5.32 Å². The fraction of sp³-hybridized carbons (Fsp3) is 0.500. The summed E-state index contributed by atoms with van der Waals surface area (Å²) in [7, 11) is 0. The van der Waals surface area contributed by atoms with Crippen molar-refractivity contribution in [1.29, 1.82) is 0 Å². The van der Waals surface area contributed by atoms with E-state index in [1.165, 1.54) is 18.2 Å². The highest BCUT2D eigenvalue weighted by Gasteiger charge is 1.98. The molecule has 4 nitrogen and oxygen atoms in total. The van der Waals surface area contributed by atoms with Gasteiger partial charge in [0, 0.05) is 19.0 Å². The quantitative estimate of drug-likeness (QED) is 0.405. The molecule has 0 unspecified atom stereocenters. The number of halogens is 1. The zero-order valence-corrected chi connectivity index (χ0v) is 14.7. The lowest BCUT2D eigenvalue weighted by molar-refractivity contribution is -0.137. The first-order valence-corrected chi connectivity index (χ1v) is 9.01. The van der Waals surface area contributed by atoms with Gasteiger partial charge in [0.1, 0.15) is 5.82 Å². The Morgan fingerprint density at radius 3 is 2.08 bits per heavy atom. The zero-order valence-electron chi connectivity index (χ0n) is 14.7. The van der Waals surface area contributed by atoms with E-state index in [0.29, 0.717) is 6.54 Å². The van der Waals surface area contributed by atoms with Gasteiger partial charge in [-0.15, -0.1) is 0 Å². The average Bonchev–Trinajstić information content (AvgIpc) is 2.59. The van der Waals surface area contributed by atoms with E-state index >= 15 is 0 Å². The number of hydrogen-bond acceptors (Lipinski definition) is 2. The molecule has 0 aliphatic rings. The number of hydrogen-bond donors (Lipinski definition) is 2. The minimum atomic E-state index is -0.713. The molecule has 2 N–H and O–H groups in total. The number of amides is 1. The van der Waals surface area contributed by atoms with E-state index in [0.717, 1.165) is 56.9 Å². The molecule has 0 atom stereocenters. The molecule has 1 rings (SSSR count). The Labute approximate surface area is 149 Å². The van der Waals surface area contributed by atoms with E-state index in [-0.39, 0.29) is 18.1 Å². The zero-order chi connectivity index (χ0) is 18.3. The Hall–Kier alpha value is -2.17. The molecule has 1 amide bonds. The van der Waals surface area contributed by atoms with Gasteiger partial charge in [-0.25, -0.2) is 4.39 Å². The number of carboxylic acids is 1. The lowest BCUT2D eigenvalue weighted by Gasteiger charge is -2.03. The monoisotopic (exact) mass is 349 g/mol. The number of benzene rings is 1. The summed E-state index contributed by atoms with van der Waals surface area (Å²) in [6, 6.07) is 5.98. The topological polar surface area (TPSA) is 66.4 Å². The SMILES string of the molecule is O=C(O)CCCCCCCCCCNC(=O)/C=C/c1ccc(F)cc1. The molecule has 0 saturated carbocycles. The smallest absolute Gasteiger partial charge is 0.303 e. The third-order valence-corrected chi connectivity index (χ3v) is 3.91. The van der Waals surface area contributed by atoms with Gasteiger partial charge in [0.05, 0.1) is 0 Å². The molecule has 0 saturated heterocycles. The van der Waals surface area contributed by atoms with E-state index in [9.17, 15) is 14.0 Å². The second kappa shape index (κ2) is 13.2. The lowest BCUT2D eigenvalue weighted by Crippen LogP contribution is -2.21. The maximum absolute atomic E-state index is 12.8. The third-order valence-electron chi connectivity index (χ3n) is 3.91. The Kier molecular flexibility index (Phi) is 11.0. The molecule has 1 aromatic carbocycles. The van der Waals surface area contributed by atoms with Crippen LogP contribution in [0.5, 0.6) is 0 Å². The van der Waals surface area contributed by atoms with Crippen LogP contribution < -0.4 is 5.32 Å². The van der Waals surface area contributed by atoms with Crippen molar-refractivity contribution in [2.75, 3.05) is 6.54 Å². The minimum absolute atomic E-state index is 0.136. The largest absolute Gasteiger partial charge is 0.481 e. The third kappa shape index (κ3) is 11.9. The maximum atomic E-state index is 12.8. The molecule has 1 aromatic rings. The summed E-state index contributed by atoms with van der Waals surface area (Å²) in [6.07, 6.45) is 11.7. The molecule has 0 heterocycles. The van der Waals surface area contributed by atoms with Crippen LogP contribution in [0.25, 0.3) is 6.08 Å². The van der Waals surface area contributed by atoms with Crippen molar-refractivity contribution < 1.29 is 19.1 Å². The summed E-state index contributed by atoms with van der Waals surface area (Å²) < 4.78 is 12.8. The predicted octanol–water partition coefficient (Wildman–Crippen LogP) is 4.55. The van der Waals surface area contributed by atoms with E-state index in [1.807, 2.05) is 0 Å². The first kappa shape index (κ1) is 20.9. The van der Waals surface area contributed by atoms with Gasteiger partial charge in [0.15, 0.2) is 0 Å². The van der Waals surface area contributed by atoms with Gasteiger partial charge in [-0.2, -0.15) is 0 Å². The number of rotatable bonds is 13. The number of nitrogens with one attached hydrogen (secondary N) is 1. The number of aliphatic carboxylic acids is 1. The standard InChI is InChI=1S/C20H28FNO3/c21-18-13-10-17(11-14-18)12-15-19(23)22-16-8-6-4-2-1-3-5-7-9-20(24)25/h10-15H,1-9,16H2,(H,22,23)(H,24,25)/b15-12+. The molecule has 0 aliphatic heterocycles. The van der Waals surface area contributed by atoms with Gasteiger partial charge in [-0.3, -0.25) is 9.59 Å². The van der Waals surface area contributed by atoms with Crippen molar-refractivity contribution in [2.45, 2.75) is 57.8 Å². The molecule has 0 bridgehead atoms. The summed E-state index contributed by atoms with van der Waals surface area (Å²) >= 11 is 0. The van der Waals surface area contributed by atoms with Crippen LogP contribution >= 0.6 is 0 Å². The first-order valence-electron chi connectivity index (χ1n) is 9.01. The first-order chi connectivity index (χ1) is 12.1. The maximum Gasteiger partial charge on any atom is 0.303 e. The molecule has 0 fully saturated rings. The van der Waals surface area contributed by atoms with Crippen LogP contribution in [-0.2, 0) is 9.59 Å². The van der Waals surface area contributed by atoms with Crippen molar-refractivity contribution in [3.63, 3.8) is 0 Å². The van der Waals surface area contributed by atoms with Crippen LogP contribution in [-0.4, -0.2) is 23.5 Å². The minimum Gasteiger partial charge on any atom is -0.481 e. The number of carbonyl (C=O) groups is 2. The van der Waals surface area contributed by atoms with Crippen molar-refractivity contribution in [1.82, 2.24) is 5.32 Å². The Bertz CT molecular complexity index is 540. The van der Waals surface area contributed by atoms with Gasteiger partial charge in [0.25, 0.3) is 0 Å². The van der Waals surface area contributed by atoms with E-state index in [1.54, 1.807) is 18.2 Å². The second-order valence-electron chi connectivity index (χ2n) is 6.15. The molecule has 0 radical (unpaired) electrons. The molecule has 5 heteroatoms. The molecule has 25 heavy (non-hydrogen) atoms. The molecular weight excluding hydrogens is 321 g/mol. The van der Waals surface area contributed by atoms with Crippen LogP contribution in [0.4, 0.5) is 4.39 Å². The van der Waals surface area contributed by atoms with Gasteiger partial charge in [-0.05, 0) is 36.6 Å². The van der Waals surface area contributed by atoms with Crippen LogP contribution in [0.1, 0.15) is 63.4 Å². The van der Waals surface area contributed by atoms with Crippen LogP contribution in [0.3, 0.4) is 0 Å².